The molecule has 1 aromatic heterocycles. The Morgan fingerprint density at radius 1 is 1.30 bits per heavy atom. The highest BCUT2D eigenvalue weighted by molar-refractivity contribution is 9.10. The Hall–Kier alpha value is -2.64. The second-order valence-electron chi connectivity index (χ2n) is 5.52. The Kier molecular flexibility index (Phi) is 5.93. The van der Waals surface area contributed by atoms with E-state index in [9.17, 15) is 4.79 Å². The van der Waals surface area contributed by atoms with Gasteiger partial charge < -0.3 is 15.4 Å². The molecular formula is C19H16BrClN4O2. The minimum absolute atomic E-state index is 0.116. The van der Waals surface area contributed by atoms with Gasteiger partial charge in [0.2, 0.25) is 0 Å². The molecule has 0 saturated heterocycles. The van der Waals surface area contributed by atoms with E-state index in [1.807, 2.05) is 31.2 Å². The predicted molar refractivity (Wildman–Crippen MR) is 112 cm³/mol. The molecule has 1 amide bonds. The Morgan fingerprint density at radius 2 is 2.11 bits per heavy atom. The molecule has 0 bridgehead atoms. The van der Waals surface area contributed by atoms with Gasteiger partial charge in [0.1, 0.15) is 17.9 Å². The van der Waals surface area contributed by atoms with Crippen LogP contribution in [0.1, 0.15) is 6.92 Å². The van der Waals surface area contributed by atoms with Crippen molar-refractivity contribution in [2.45, 2.75) is 6.92 Å². The van der Waals surface area contributed by atoms with Crippen LogP contribution in [0.15, 0.2) is 58.8 Å². The number of ether oxygens (including phenoxy) is 1. The van der Waals surface area contributed by atoms with E-state index in [0.717, 1.165) is 15.5 Å². The molecule has 0 radical (unpaired) electrons. The number of carbonyl (C=O) groups excluding carboxylic acids is 1. The number of rotatable bonds is 6. The van der Waals surface area contributed by atoms with E-state index in [1.165, 1.54) is 6.33 Å². The smallest absolute Gasteiger partial charge is 0.266 e. The molecule has 1 heterocycles. The molecule has 3 rings (SSSR count). The summed E-state index contributed by atoms with van der Waals surface area (Å²) in [5, 5.41) is 6.57. The molecule has 0 saturated carbocycles. The van der Waals surface area contributed by atoms with Crippen LogP contribution in [-0.2, 0) is 4.79 Å². The maximum absolute atomic E-state index is 12.0. The molecule has 2 aromatic carbocycles. The lowest BCUT2D eigenvalue weighted by Crippen LogP contribution is -2.12. The molecule has 0 spiro atoms. The van der Waals surface area contributed by atoms with Crippen molar-refractivity contribution in [3.8, 4) is 5.75 Å². The number of nitrogens with one attached hydrogen (secondary N) is 2. The summed E-state index contributed by atoms with van der Waals surface area (Å²) >= 11 is 9.14. The minimum atomic E-state index is -0.504. The normalized spacial score (nSPS) is 10.5. The lowest BCUT2D eigenvalue weighted by molar-refractivity contribution is -0.112. The molecule has 0 atom stereocenters. The third-order valence-corrected chi connectivity index (χ3v) is 4.28. The third kappa shape index (κ3) is 4.56. The molecule has 2 N–H and O–H groups in total. The summed E-state index contributed by atoms with van der Waals surface area (Å²) in [5.41, 5.74) is 2.00. The number of hydrogen-bond donors (Lipinski definition) is 2. The fraction of sp³-hybridized carbons (Fsp3) is 0.105. The maximum Gasteiger partial charge on any atom is 0.266 e. The summed E-state index contributed by atoms with van der Waals surface area (Å²) in [6, 6.07) is 11.2. The van der Waals surface area contributed by atoms with Crippen LogP contribution >= 0.6 is 27.5 Å². The highest BCUT2D eigenvalue weighted by atomic mass is 79.9. The number of hydrogen-bond acceptors (Lipinski definition) is 5. The highest BCUT2D eigenvalue weighted by Crippen LogP contribution is 2.34. The highest BCUT2D eigenvalue weighted by Gasteiger charge is 2.14. The molecule has 8 heteroatoms. The van der Waals surface area contributed by atoms with Gasteiger partial charge in [-0.05, 0) is 31.2 Å². The second-order valence-corrected chi connectivity index (χ2v) is 6.89. The lowest BCUT2D eigenvalue weighted by atomic mass is 10.1. The lowest BCUT2D eigenvalue weighted by Gasteiger charge is -2.14. The summed E-state index contributed by atoms with van der Waals surface area (Å²) in [7, 11) is 0. The Balaban J connectivity index is 2.07. The first-order valence-electron chi connectivity index (χ1n) is 8.08. The van der Waals surface area contributed by atoms with Gasteiger partial charge in [-0.15, -0.1) is 0 Å². The van der Waals surface area contributed by atoms with E-state index < -0.39 is 5.91 Å². The molecule has 0 unspecified atom stereocenters. The number of anilines is 3. The first kappa shape index (κ1) is 19.1. The largest absolute Gasteiger partial charge is 0.492 e. The average molecular weight is 448 g/mol. The molecular weight excluding hydrogens is 432 g/mol. The fourth-order valence-corrected chi connectivity index (χ4v) is 2.90. The van der Waals surface area contributed by atoms with E-state index in [-0.39, 0.29) is 5.03 Å². The first-order chi connectivity index (χ1) is 13.0. The van der Waals surface area contributed by atoms with Crippen LogP contribution in [0.2, 0.25) is 0 Å². The van der Waals surface area contributed by atoms with Gasteiger partial charge in [-0.3, -0.25) is 4.79 Å². The van der Waals surface area contributed by atoms with Gasteiger partial charge in [-0.25, -0.2) is 9.97 Å². The third-order valence-electron chi connectivity index (χ3n) is 3.62. The minimum Gasteiger partial charge on any atom is -0.492 e. The SMILES string of the molecule is C=C(Cl)C(=O)Nc1cc2c(Nc3cccc(Br)c3)ncnc2cc1OCC. The summed E-state index contributed by atoms with van der Waals surface area (Å²) in [5.74, 6) is 0.583. The van der Waals surface area contributed by atoms with Gasteiger partial charge in [-0.2, -0.15) is 0 Å². The zero-order valence-electron chi connectivity index (χ0n) is 14.4. The maximum atomic E-state index is 12.0. The van der Waals surface area contributed by atoms with Crippen LogP contribution in [0.4, 0.5) is 17.2 Å². The summed E-state index contributed by atoms with van der Waals surface area (Å²) < 4.78 is 6.57. The van der Waals surface area contributed by atoms with Crippen molar-refractivity contribution in [1.82, 2.24) is 9.97 Å². The van der Waals surface area contributed by atoms with Crippen LogP contribution in [-0.4, -0.2) is 22.5 Å². The van der Waals surface area contributed by atoms with E-state index in [2.05, 4.69) is 43.1 Å². The van der Waals surface area contributed by atoms with Crippen molar-refractivity contribution in [3.05, 3.63) is 58.8 Å². The molecule has 0 aliphatic rings. The van der Waals surface area contributed by atoms with Gasteiger partial charge in [0, 0.05) is 21.6 Å². The Morgan fingerprint density at radius 3 is 2.81 bits per heavy atom. The van der Waals surface area contributed by atoms with Crippen molar-refractivity contribution in [2.24, 2.45) is 0 Å². The molecule has 27 heavy (non-hydrogen) atoms. The number of aromatic nitrogens is 2. The quantitative estimate of drug-likeness (QED) is 0.506. The molecule has 6 nitrogen and oxygen atoms in total. The van der Waals surface area contributed by atoms with Gasteiger partial charge in [-0.1, -0.05) is 40.2 Å². The topological polar surface area (TPSA) is 76.1 Å². The van der Waals surface area contributed by atoms with Crippen LogP contribution in [0.5, 0.6) is 5.75 Å². The van der Waals surface area contributed by atoms with E-state index in [0.29, 0.717) is 29.4 Å². The number of carbonyl (C=O) groups is 1. The zero-order valence-corrected chi connectivity index (χ0v) is 16.8. The number of halogens is 2. The summed E-state index contributed by atoms with van der Waals surface area (Å²) in [4.78, 5) is 20.6. The zero-order chi connectivity index (χ0) is 19.4. The van der Waals surface area contributed by atoms with E-state index in [1.54, 1.807) is 12.1 Å². The number of nitrogens with zero attached hydrogens (tertiary/aromatic N) is 2. The van der Waals surface area contributed by atoms with Gasteiger partial charge in [0.05, 0.1) is 22.8 Å². The number of benzene rings is 2. The molecule has 3 aromatic rings. The monoisotopic (exact) mass is 446 g/mol. The Bertz CT molecular complexity index is 1030. The van der Waals surface area contributed by atoms with E-state index in [4.69, 9.17) is 16.3 Å². The van der Waals surface area contributed by atoms with Crippen molar-refractivity contribution in [2.75, 3.05) is 17.2 Å². The molecule has 0 fully saturated rings. The first-order valence-corrected chi connectivity index (χ1v) is 9.25. The van der Waals surface area contributed by atoms with Crippen LogP contribution in [0.25, 0.3) is 10.9 Å². The van der Waals surface area contributed by atoms with Gasteiger partial charge >= 0.3 is 0 Å². The Labute approximate surface area is 169 Å². The van der Waals surface area contributed by atoms with Crippen LogP contribution < -0.4 is 15.4 Å². The number of fused-ring (bicyclic) bond motifs is 1. The van der Waals surface area contributed by atoms with Crippen LogP contribution in [0, 0.1) is 0 Å². The fourth-order valence-electron chi connectivity index (χ4n) is 2.45. The number of amides is 1. The van der Waals surface area contributed by atoms with E-state index >= 15 is 0 Å². The van der Waals surface area contributed by atoms with Crippen molar-refractivity contribution < 1.29 is 9.53 Å². The average Bonchev–Trinajstić information content (AvgIpc) is 2.63. The van der Waals surface area contributed by atoms with Gasteiger partial charge in [0.15, 0.2) is 0 Å². The van der Waals surface area contributed by atoms with Crippen LogP contribution in [0.3, 0.4) is 0 Å². The molecule has 0 aliphatic heterocycles. The molecule has 0 aliphatic carbocycles. The van der Waals surface area contributed by atoms with Crippen molar-refractivity contribution in [1.29, 1.82) is 0 Å². The second kappa shape index (κ2) is 8.37. The van der Waals surface area contributed by atoms with Crippen molar-refractivity contribution >= 4 is 61.5 Å². The van der Waals surface area contributed by atoms with Crippen molar-refractivity contribution in [3.63, 3.8) is 0 Å². The van der Waals surface area contributed by atoms with Gasteiger partial charge in [0.25, 0.3) is 5.91 Å². The predicted octanol–water partition coefficient (Wildman–Crippen LogP) is 5.23. The summed E-state index contributed by atoms with van der Waals surface area (Å²) in [6.45, 7) is 5.73. The summed E-state index contributed by atoms with van der Waals surface area (Å²) in [6.07, 6.45) is 1.47. The molecule has 138 valence electrons. The standard InChI is InChI=1S/C19H16BrClN4O2/c1-3-27-17-9-15-14(8-16(17)25-19(26)11(2)21)18(23-10-22-15)24-13-6-4-5-12(20)7-13/h4-10H,2-3H2,1H3,(H,25,26)(H,22,23,24).